The Bertz CT molecular complexity index is 607. The van der Waals surface area contributed by atoms with Crippen LogP contribution in [0, 0.1) is 6.92 Å². The number of nitrogens with one attached hydrogen (secondary N) is 1. The minimum Gasteiger partial charge on any atom is -0.310 e. The zero-order valence-corrected chi connectivity index (χ0v) is 14.4. The third kappa shape index (κ3) is 4.66. The molecule has 4 nitrogen and oxygen atoms in total. The van der Waals surface area contributed by atoms with Crippen molar-refractivity contribution in [3.63, 3.8) is 0 Å². The highest BCUT2D eigenvalue weighted by atomic mass is 32.2. The molecule has 0 atom stereocenters. The van der Waals surface area contributed by atoms with E-state index in [9.17, 15) is 8.42 Å². The van der Waals surface area contributed by atoms with E-state index in [1.807, 2.05) is 19.9 Å². The average molecular weight is 310 g/mol. The Kier molecular flexibility index (Phi) is 6.13. The lowest BCUT2D eigenvalue weighted by molar-refractivity contribution is 0.492. The fraction of sp³-hybridized carbons (Fsp3) is 0.500. The first-order valence-electron chi connectivity index (χ1n) is 7.09. The van der Waals surface area contributed by atoms with Crippen LogP contribution in [0.3, 0.4) is 0 Å². The molecule has 21 heavy (non-hydrogen) atoms. The lowest BCUT2D eigenvalue weighted by Crippen LogP contribution is -2.29. The lowest BCUT2D eigenvalue weighted by atomic mass is 10.1. The van der Waals surface area contributed by atoms with Gasteiger partial charge in [-0.3, -0.25) is 0 Å². The van der Waals surface area contributed by atoms with Gasteiger partial charge < -0.3 is 5.32 Å². The highest BCUT2D eigenvalue weighted by Gasteiger charge is 2.23. The Hall–Kier alpha value is -1.17. The maximum absolute atomic E-state index is 12.6. The number of sulfonamides is 1. The van der Waals surface area contributed by atoms with Gasteiger partial charge in [0.1, 0.15) is 0 Å². The molecule has 0 aromatic heterocycles. The summed E-state index contributed by atoms with van der Waals surface area (Å²) in [6, 6.07) is 5.78. The summed E-state index contributed by atoms with van der Waals surface area (Å²) in [5.41, 5.74) is 2.63. The van der Waals surface area contributed by atoms with E-state index in [0.717, 1.165) is 16.7 Å². The largest absolute Gasteiger partial charge is 0.310 e. The first-order chi connectivity index (χ1) is 9.66. The molecule has 118 valence electrons. The fourth-order valence-electron chi connectivity index (χ4n) is 2.08. The van der Waals surface area contributed by atoms with E-state index >= 15 is 0 Å². The second kappa shape index (κ2) is 7.20. The smallest absolute Gasteiger partial charge is 0.243 e. The minimum absolute atomic E-state index is 0.330. The van der Waals surface area contributed by atoms with Gasteiger partial charge in [-0.05, 0) is 31.0 Å². The molecule has 0 saturated carbocycles. The monoisotopic (exact) mass is 310 g/mol. The molecule has 0 aliphatic carbocycles. The van der Waals surface area contributed by atoms with Crippen LogP contribution in [-0.4, -0.2) is 32.4 Å². The van der Waals surface area contributed by atoms with Crippen LogP contribution in [0.25, 0.3) is 0 Å². The molecular formula is C16H26N2O2S. The molecule has 0 aliphatic rings. The molecule has 1 N–H and O–H groups in total. The third-order valence-corrected chi connectivity index (χ3v) is 5.23. The molecule has 0 aliphatic heterocycles. The molecule has 0 radical (unpaired) electrons. The van der Waals surface area contributed by atoms with Crippen LogP contribution in [0.15, 0.2) is 35.2 Å². The molecule has 0 bridgehead atoms. The predicted octanol–water partition coefficient (Wildman–Crippen LogP) is 2.69. The standard InChI is InChI=1S/C16H26N2O2S/c1-12(2)11-18(6)21(19,20)16-9-7-8-15(14(16)5)10-17-13(3)4/h7-9,13,17H,1,10-11H2,2-6H3. The van der Waals surface area contributed by atoms with Crippen molar-refractivity contribution < 1.29 is 8.42 Å². The average Bonchev–Trinajstić information content (AvgIpc) is 2.36. The molecule has 1 rings (SSSR count). The second-order valence-corrected chi connectivity index (χ2v) is 7.81. The van der Waals surface area contributed by atoms with E-state index in [1.54, 1.807) is 19.2 Å². The summed E-state index contributed by atoms with van der Waals surface area (Å²) in [4.78, 5) is 0.370. The molecule has 0 heterocycles. The second-order valence-electron chi connectivity index (χ2n) is 5.79. The summed E-state index contributed by atoms with van der Waals surface area (Å²) in [5, 5.41) is 3.32. The first kappa shape index (κ1) is 17.9. The molecule has 1 aromatic rings. The van der Waals surface area contributed by atoms with Crippen molar-refractivity contribution in [1.82, 2.24) is 9.62 Å². The van der Waals surface area contributed by atoms with Crippen LogP contribution >= 0.6 is 0 Å². The van der Waals surface area contributed by atoms with Crippen molar-refractivity contribution in [3.05, 3.63) is 41.5 Å². The molecular weight excluding hydrogens is 284 g/mol. The van der Waals surface area contributed by atoms with Crippen molar-refractivity contribution in [3.8, 4) is 0 Å². The van der Waals surface area contributed by atoms with Gasteiger partial charge in [0.05, 0.1) is 4.90 Å². The van der Waals surface area contributed by atoms with E-state index in [0.29, 0.717) is 24.0 Å². The van der Waals surface area contributed by atoms with Gasteiger partial charge in [0.15, 0.2) is 0 Å². The van der Waals surface area contributed by atoms with Gasteiger partial charge in [0.25, 0.3) is 0 Å². The lowest BCUT2D eigenvalue weighted by Gasteiger charge is -2.20. The number of nitrogens with zero attached hydrogens (tertiary/aromatic N) is 1. The highest BCUT2D eigenvalue weighted by molar-refractivity contribution is 7.89. The van der Waals surface area contributed by atoms with Gasteiger partial charge in [-0.15, -0.1) is 0 Å². The molecule has 0 saturated heterocycles. The van der Waals surface area contributed by atoms with Crippen LogP contribution in [0.1, 0.15) is 31.9 Å². The van der Waals surface area contributed by atoms with E-state index in [1.165, 1.54) is 4.31 Å². The van der Waals surface area contributed by atoms with E-state index in [2.05, 4.69) is 25.7 Å². The molecule has 0 amide bonds. The van der Waals surface area contributed by atoms with Gasteiger partial charge in [0.2, 0.25) is 10.0 Å². The number of hydrogen-bond acceptors (Lipinski definition) is 3. The summed E-state index contributed by atoms with van der Waals surface area (Å²) in [6.07, 6.45) is 0. The normalized spacial score (nSPS) is 12.1. The zero-order chi connectivity index (χ0) is 16.2. The van der Waals surface area contributed by atoms with E-state index < -0.39 is 10.0 Å². The number of hydrogen-bond donors (Lipinski definition) is 1. The maximum atomic E-state index is 12.6. The van der Waals surface area contributed by atoms with Gasteiger partial charge in [-0.2, -0.15) is 4.31 Å². The predicted molar refractivity (Wildman–Crippen MR) is 87.8 cm³/mol. The Morgan fingerprint density at radius 1 is 1.38 bits per heavy atom. The first-order valence-corrected chi connectivity index (χ1v) is 8.53. The van der Waals surface area contributed by atoms with E-state index in [4.69, 9.17) is 0 Å². The quantitative estimate of drug-likeness (QED) is 0.788. The van der Waals surface area contributed by atoms with E-state index in [-0.39, 0.29) is 0 Å². The molecule has 0 unspecified atom stereocenters. The Morgan fingerprint density at radius 3 is 2.52 bits per heavy atom. The van der Waals surface area contributed by atoms with Gasteiger partial charge in [0, 0.05) is 26.2 Å². The summed E-state index contributed by atoms with van der Waals surface area (Å²) in [7, 11) is -1.90. The van der Waals surface area contributed by atoms with Gasteiger partial charge >= 0.3 is 0 Å². The zero-order valence-electron chi connectivity index (χ0n) is 13.6. The fourth-order valence-corrected chi connectivity index (χ4v) is 3.57. The SMILES string of the molecule is C=C(C)CN(C)S(=O)(=O)c1cccc(CNC(C)C)c1C. The number of likely N-dealkylation sites (N-methyl/N-ethyl adjacent to an activating group) is 1. The minimum atomic E-state index is -3.48. The van der Waals surface area contributed by atoms with Crippen LogP contribution < -0.4 is 5.32 Å². The maximum Gasteiger partial charge on any atom is 0.243 e. The third-order valence-electron chi connectivity index (χ3n) is 3.28. The van der Waals surface area contributed by atoms with Gasteiger partial charge in [-0.1, -0.05) is 38.1 Å². The molecule has 5 heteroatoms. The number of rotatable bonds is 7. The van der Waals surface area contributed by atoms with Crippen LogP contribution in [-0.2, 0) is 16.6 Å². The van der Waals surface area contributed by atoms with Crippen molar-refractivity contribution in [1.29, 1.82) is 0 Å². The molecule has 0 fully saturated rings. The van der Waals surface area contributed by atoms with Crippen molar-refractivity contribution in [2.45, 2.75) is 45.2 Å². The van der Waals surface area contributed by atoms with Crippen LogP contribution in [0.5, 0.6) is 0 Å². The summed E-state index contributed by atoms with van der Waals surface area (Å²) in [5.74, 6) is 0. The van der Waals surface area contributed by atoms with Gasteiger partial charge in [-0.25, -0.2) is 8.42 Å². The topological polar surface area (TPSA) is 49.4 Å². The Balaban J connectivity index is 3.13. The highest BCUT2D eigenvalue weighted by Crippen LogP contribution is 2.22. The summed E-state index contributed by atoms with van der Waals surface area (Å²) >= 11 is 0. The van der Waals surface area contributed by atoms with Crippen LogP contribution in [0.2, 0.25) is 0 Å². The summed E-state index contributed by atoms with van der Waals surface area (Å²) < 4.78 is 26.6. The number of benzene rings is 1. The Morgan fingerprint density at radius 2 is 2.00 bits per heavy atom. The van der Waals surface area contributed by atoms with Crippen molar-refractivity contribution in [2.75, 3.05) is 13.6 Å². The van der Waals surface area contributed by atoms with Crippen LogP contribution in [0.4, 0.5) is 0 Å². The van der Waals surface area contributed by atoms with Crippen molar-refractivity contribution in [2.24, 2.45) is 0 Å². The summed E-state index contributed by atoms with van der Waals surface area (Å²) in [6.45, 7) is 12.6. The molecule has 1 aromatic carbocycles. The van der Waals surface area contributed by atoms with Crippen molar-refractivity contribution >= 4 is 10.0 Å². The molecule has 0 spiro atoms. The Labute approximate surface area is 128 Å².